The van der Waals surface area contributed by atoms with E-state index < -0.39 is 30.3 Å². The van der Waals surface area contributed by atoms with Crippen molar-refractivity contribution >= 4 is 23.7 Å². The van der Waals surface area contributed by atoms with Gasteiger partial charge in [-0.05, 0) is 12.7 Å². The van der Waals surface area contributed by atoms with E-state index in [2.05, 4.69) is 0 Å². The van der Waals surface area contributed by atoms with E-state index in [-0.39, 0.29) is 11.5 Å². The molecule has 1 aliphatic rings. The molecule has 1 fully saturated rings. The molecule has 0 aromatic rings. The van der Waals surface area contributed by atoms with E-state index in [1.165, 1.54) is 21.0 Å². The predicted octanol–water partition coefficient (Wildman–Crippen LogP) is 1.36. The first-order valence-corrected chi connectivity index (χ1v) is 7.59. The fourth-order valence-corrected chi connectivity index (χ4v) is 3.24. The van der Waals surface area contributed by atoms with Crippen molar-refractivity contribution in [2.75, 3.05) is 12.9 Å². The van der Waals surface area contributed by atoms with Gasteiger partial charge in [0.15, 0.2) is 12.2 Å². The number of rotatable bonds is 5. The number of esters is 2. The maximum Gasteiger partial charge on any atom is 0.303 e. The van der Waals surface area contributed by atoms with Gasteiger partial charge in [0.2, 0.25) is 0 Å². The summed E-state index contributed by atoms with van der Waals surface area (Å²) in [6.45, 7) is 6.43. The number of hydrogen-bond acceptors (Lipinski definition) is 7. The first-order chi connectivity index (χ1) is 9.40. The summed E-state index contributed by atoms with van der Waals surface area (Å²) < 4.78 is 21.8. The standard InChI is InChI=1S/C13H22O6S/c1-6-20-13-12(16-5)11(19-9(4)15)10(7(2)17-13)18-8(3)14/h7,10-13H,6H2,1-5H3/t7-,10+,11+,12-,13+/m0/s1. The van der Waals surface area contributed by atoms with Gasteiger partial charge in [-0.15, -0.1) is 11.8 Å². The largest absolute Gasteiger partial charge is 0.456 e. The molecule has 0 spiro atoms. The van der Waals surface area contributed by atoms with Crippen LogP contribution in [-0.2, 0) is 28.5 Å². The highest BCUT2D eigenvalue weighted by Gasteiger charge is 2.48. The summed E-state index contributed by atoms with van der Waals surface area (Å²) in [6.07, 6.45) is -2.20. The van der Waals surface area contributed by atoms with E-state index in [0.29, 0.717) is 0 Å². The van der Waals surface area contributed by atoms with Gasteiger partial charge in [0.05, 0.1) is 6.10 Å². The molecule has 0 unspecified atom stereocenters. The molecule has 0 aliphatic carbocycles. The molecule has 0 N–H and O–H groups in total. The minimum absolute atomic E-state index is 0.267. The van der Waals surface area contributed by atoms with Gasteiger partial charge in [0, 0.05) is 21.0 Å². The van der Waals surface area contributed by atoms with Crippen LogP contribution in [0.3, 0.4) is 0 Å². The molecule has 1 saturated heterocycles. The molecule has 7 heteroatoms. The van der Waals surface area contributed by atoms with E-state index in [0.717, 1.165) is 5.75 Å². The lowest BCUT2D eigenvalue weighted by atomic mass is 10.00. The number of carbonyl (C=O) groups is 2. The Hall–Kier alpha value is -0.790. The second-order valence-electron chi connectivity index (χ2n) is 4.51. The summed E-state index contributed by atoms with van der Waals surface area (Å²) in [5, 5.41) is 0. The molecule has 1 heterocycles. The summed E-state index contributed by atoms with van der Waals surface area (Å²) >= 11 is 1.56. The van der Waals surface area contributed by atoms with E-state index in [1.807, 2.05) is 6.92 Å². The summed E-state index contributed by atoms with van der Waals surface area (Å²) in [7, 11) is 1.52. The molecule has 20 heavy (non-hydrogen) atoms. The predicted molar refractivity (Wildman–Crippen MR) is 74.4 cm³/mol. The summed E-state index contributed by atoms with van der Waals surface area (Å²) in [5.41, 5.74) is -0.267. The van der Waals surface area contributed by atoms with Crippen molar-refractivity contribution in [1.82, 2.24) is 0 Å². The Kier molecular flexibility index (Phi) is 6.78. The molecule has 0 aromatic carbocycles. The van der Waals surface area contributed by atoms with Gasteiger partial charge >= 0.3 is 11.9 Å². The first kappa shape index (κ1) is 17.3. The number of hydrogen-bond donors (Lipinski definition) is 0. The van der Waals surface area contributed by atoms with Crippen LogP contribution in [0.4, 0.5) is 0 Å². The normalized spacial score (nSPS) is 33.5. The van der Waals surface area contributed by atoms with E-state index in [9.17, 15) is 9.59 Å². The van der Waals surface area contributed by atoms with Gasteiger partial charge < -0.3 is 18.9 Å². The van der Waals surface area contributed by atoms with Gasteiger partial charge in [-0.1, -0.05) is 6.92 Å². The highest BCUT2D eigenvalue weighted by molar-refractivity contribution is 7.99. The van der Waals surface area contributed by atoms with Crippen LogP contribution in [0.15, 0.2) is 0 Å². The Morgan fingerprint density at radius 3 is 2.10 bits per heavy atom. The Labute approximate surface area is 123 Å². The van der Waals surface area contributed by atoms with Crippen LogP contribution in [0, 0.1) is 0 Å². The van der Waals surface area contributed by atoms with Crippen LogP contribution in [0.1, 0.15) is 27.7 Å². The lowest BCUT2D eigenvalue weighted by molar-refractivity contribution is -0.226. The number of ether oxygens (including phenoxy) is 4. The van der Waals surface area contributed by atoms with Crippen molar-refractivity contribution in [2.45, 2.75) is 57.5 Å². The van der Waals surface area contributed by atoms with Crippen LogP contribution < -0.4 is 0 Å². The maximum absolute atomic E-state index is 11.3. The number of carbonyl (C=O) groups excluding carboxylic acids is 2. The molecule has 0 amide bonds. The summed E-state index contributed by atoms with van der Waals surface area (Å²) in [6, 6.07) is 0. The molecule has 1 rings (SSSR count). The topological polar surface area (TPSA) is 71.1 Å². The van der Waals surface area contributed by atoms with Gasteiger partial charge in [0.25, 0.3) is 0 Å². The van der Waals surface area contributed by atoms with Crippen molar-refractivity contribution < 1.29 is 28.5 Å². The highest BCUT2D eigenvalue weighted by Crippen LogP contribution is 2.33. The SMILES string of the molecule is CCS[C@H]1O[C@@H](C)[C@@H](OC(C)=O)[C@@H](OC(C)=O)[C@@H]1OC. The molecule has 0 bridgehead atoms. The van der Waals surface area contributed by atoms with Gasteiger partial charge in [-0.25, -0.2) is 0 Å². The second kappa shape index (κ2) is 7.85. The first-order valence-electron chi connectivity index (χ1n) is 6.55. The Balaban J connectivity index is 2.97. The fourth-order valence-electron chi connectivity index (χ4n) is 2.20. The average molecular weight is 306 g/mol. The average Bonchev–Trinajstić information content (AvgIpc) is 2.33. The van der Waals surface area contributed by atoms with Crippen molar-refractivity contribution in [2.24, 2.45) is 0 Å². The molecular weight excluding hydrogens is 284 g/mol. The molecule has 116 valence electrons. The summed E-state index contributed by atoms with van der Waals surface area (Å²) in [4.78, 5) is 22.5. The molecule has 6 nitrogen and oxygen atoms in total. The second-order valence-corrected chi connectivity index (χ2v) is 5.89. The number of thioether (sulfide) groups is 1. The zero-order valence-electron chi connectivity index (χ0n) is 12.5. The third-order valence-electron chi connectivity index (χ3n) is 2.93. The van der Waals surface area contributed by atoms with Crippen molar-refractivity contribution in [3.05, 3.63) is 0 Å². The van der Waals surface area contributed by atoms with Gasteiger partial charge in [0.1, 0.15) is 11.5 Å². The van der Waals surface area contributed by atoms with E-state index in [1.54, 1.807) is 18.7 Å². The third-order valence-corrected chi connectivity index (χ3v) is 3.98. The number of methoxy groups -OCH3 is 1. The zero-order chi connectivity index (χ0) is 15.3. The lowest BCUT2D eigenvalue weighted by Crippen LogP contribution is -2.59. The van der Waals surface area contributed by atoms with Crippen LogP contribution in [-0.4, -0.2) is 54.7 Å². The Morgan fingerprint density at radius 2 is 1.65 bits per heavy atom. The molecule has 0 saturated carbocycles. The molecular formula is C13H22O6S. The molecule has 1 aliphatic heterocycles. The Bertz CT molecular complexity index is 348. The van der Waals surface area contributed by atoms with Crippen molar-refractivity contribution in [1.29, 1.82) is 0 Å². The van der Waals surface area contributed by atoms with E-state index in [4.69, 9.17) is 18.9 Å². The quantitative estimate of drug-likeness (QED) is 0.710. The molecule has 5 atom stereocenters. The zero-order valence-corrected chi connectivity index (χ0v) is 13.3. The highest BCUT2D eigenvalue weighted by atomic mass is 32.2. The van der Waals surface area contributed by atoms with Crippen LogP contribution in [0.5, 0.6) is 0 Å². The minimum atomic E-state index is -0.672. The molecule has 0 aromatic heterocycles. The fraction of sp³-hybridized carbons (Fsp3) is 0.846. The van der Waals surface area contributed by atoms with Crippen molar-refractivity contribution in [3.63, 3.8) is 0 Å². The van der Waals surface area contributed by atoms with Crippen LogP contribution in [0.2, 0.25) is 0 Å². The lowest BCUT2D eigenvalue weighted by Gasteiger charge is -2.43. The van der Waals surface area contributed by atoms with Crippen LogP contribution >= 0.6 is 11.8 Å². The van der Waals surface area contributed by atoms with Crippen molar-refractivity contribution in [3.8, 4) is 0 Å². The summed E-state index contributed by atoms with van der Waals surface area (Å²) in [5.74, 6) is -0.0509. The van der Waals surface area contributed by atoms with Crippen LogP contribution in [0.25, 0.3) is 0 Å². The Morgan fingerprint density at radius 1 is 1.10 bits per heavy atom. The minimum Gasteiger partial charge on any atom is -0.456 e. The smallest absolute Gasteiger partial charge is 0.303 e. The van der Waals surface area contributed by atoms with E-state index >= 15 is 0 Å². The molecule has 0 radical (unpaired) electrons. The third kappa shape index (κ3) is 4.36. The monoisotopic (exact) mass is 306 g/mol. The van der Waals surface area contributed by atoms with Gasteiger partial charge in [-0.2, -0.15) is 0 Å². The van der Waals surface area contributed by atoms with Gasteiger partial charge in [-0.3, -0.25) is 9.59 Å². The maximum atomic E-state index is 11.3.